The maximum absolute atomic E-state index is 6.71. The van der Waals surface area contributed by atoms with Crippen molar-refractivity contribution in [2.75, 3.05) is 6.61 Å². The van der Waals surface area contributed by atoms with Gasteiger partial charge < -0.3 is 13.9 Å². The molecule has 5 heteroatoms. The first-order valence-corrected chi connectivity index (χ1v) is 11.3. The van der Waals surface area contributed by atoms with Crippen LogP contribution in [0.2, 0.25) is 18.1 Å². The molecule has 0 aromatic heterocycles. The minimum Gasteiger partial charge on any atom is -0.488 e. The lowest BCUT2D eigenvalue weighted by Crippen LogP contribution is -2.53. The highest BCUT2D eigenvalue weighted by molar-refractivity contribution is 14.1. The standard InChI is InChI=1S/C15H25IO3Si/c1-5-20(6-2,7-3)19-14-13(8-9-16)18-12(4)10-15(14)11-17-15/h8-9,13-14H,4-7,10-11H2,1-3H3/b9-8+/t13-,14-,15-/m1/s1. The molecule has 0 amide bonds. The zero-order valence-corrected chi connectivity index (χ0v) is 15.8. The summed E-state index contributed by atoms with van der Waals surface area (Å²) in [6, 6.07) is 3.44. The molecule has 0 N–H and O–H groups in total. The molecule has 0 aromatic carbocycles. The van der Waals surface area contributed by atoms with Crippen molar-refractivity contribution in [3.05, 3.63) is 22.5 Å². The largest absolute Gasteiger partial charge is 0.488 e. The van der Waals surface area contributed by atoms with Crippen LogP contribution in [-0.2, 0) is 13.9 Å². The third kappa shape index (κ3) is 3.15. The van der Waals surface area contributed by atoms with Gasteiger partial charge in [-0.3, -0.25) is 0 Å². The second-order valence-electron chi connectivity index (χ2n) is 5.75. The monoisotopic (exact) mass is 408 g/mol. The average Bonchev–Trinajstić information content (AvgIpc) is 3.20. The number of hydrogen-bond acceptors (Lipinski definition) is 3. The molecular weight excluding hydrogens is 383 g/mol. The van der Waals surface area contributed by atoms with Gasteiger partial charge in [0.1, 0.15) is 17.8 Å². The molecule has 114 valence electrons. The molecule has 20 heavy (non-hydrogen) atoms. The Morgan fingerprint density at radius 2 is 2.00 bits per heavy atom. The van der Waals surface area contributed by atoms with Gasteiger partial charge in [-0.05, 0) is 28.3 Å². The van der Waals surface area contributed by atoms with Gasteiger partial charge in [-0.1, -0.05) is 49.9 Å². The Hall–Kier alpha value is 0.147. The fourth-order valence-electron chi connectivity index (χ4n) is 3.04. The SMILES string of the molecule is C=C1C[C@@]2(CO2)[C@H](O[Si](CC)(CC)CC)[C@@H](/C=C/I)O1. The molecule has 0 saturated carbocycles. The van der Waals surface area contributed by atoms with E-state index in [1.807, 2.05) is 4.08 Å². The van der Waals surface area contributed by atoms with E-state index >= 15 is 0 Å². The molecular formula is C15H25IO3Si. The van der Waals surface area contributed by atoms with E-state index in [9.17, 15) is 0 Å². The van der Waals surface area contributed by atoms with Crippen LogP contribution in [0, 0.1) is 0 Å². The third-order valence-corrected chi connectivity index (χ3v) is 9.74. The molecule has 2 aliphatic heterocycles. The van der Waals surface area contributed by atoms with Gasteiger partial charge in [0.05, 0.1) is 12.4 Å². The Bertz CT molecular complexity index is 380. The van der Waals surface area contributed by atoms with Crippen LogP contribution in [0.5, 0.6) is 0 Å². The van der Waals surface area contributed by atoms with Crippen LogP contribution >= 0.6 is 22.6 Å². The normalized spacial score (nSPS) is 33.7. The van der Waals surface area contributed by atoms with E-state index in [1.165, 1.54) is 0 Å². The quantitative estimate of drug-likeness (QED) is 0.371. The number of epoxide rings is 1. The molecule has 2 saturated heterocycles. The molecule has 2 fully saturated rings. The van der Waals surface area contributed by atoms with Gasteiger partial charge in [0.15, 0.2) is 8.32 Å². The van der Waals surface area contributed by atoms with Crippen molar-refractivity contribution in [2.24, 2.45) is 0 Å². The summed E-state index contributed by atoms with van der Waals surface area (Å²) >= 11 is 2.23. The van der Waals surface area contributed by atoms with Crippen LogP contribution in [0.4, 0.5) is 0 Å². The van der Waals surface area contributed by atoms with E-state index in [2.05, 4.69) is 56.0 Å². The lowest BCUT2D eigenvalue weighted by atomic mass is 9.91. The van der Waals surface area contributed by atoms with Gasteiger partial charge in [0.25, 0.3) is 0 Å². The van der Waals surface area contributed by atoms with E-state index in [0.717, 1.165) is 36.9 Å². The third-order valence-electron chi connectivity index (χ3n) is 4.70. The first-order valence-electron chi connectivity index (χ1n) is 7.48. The van der Waals surface area contributed by atoms with Gasteiger partial charge in [0.2, 0.25) is 0 Å². The first-order chi connectivity index (χ1) is 9.54. The van der Waals surface area contributed by atoms with Gasteiger partial charge in [-0.2, -0.15) is 0 Å². The van der Waals surface area contributed by atoms with E-state index < -0.39 is 8.32 Å². The number of hydrogen-bond donors (Lipinski definition) is 0. The van der Waals surface area contributed by atoms with Crippen LogP contribution < -0.4 is 0 Å². The lowest BCUT2D eigenvalue weighted by Gasteiger charge is -2.42. The van der Waals surface area contributed by atoms with E-state index in [0.29, 0.717) is 0 Å². The molecule has 0 bridgehead atoms. The van der Waals surface area contributed by atoms with Crippen LogP contribution in [-0.4, -0.2) is 32.7 Å². The maximum Gasteiger partial charge on any atom is 0.192 e. The summed E-state index contributed by atoms with van der Waals surface area (Å²) < 4.78 is 20.4. The summed E-state index contributed by atoms with van der Waals surface area (Å²) in [5.41, 5.74) is -0.173. The topological polar surface area (TPSA) is 31.0 Å². The van der Waals surface area contributed by atoms with Gasteiger partial charge >= 0.3 is 0 Å². The van der Waals surface area contributed by atoms with Crippen LogP contribution in [0.25, 0.3) is 0 Å². The summed E-state index contributed by atoms with van der Waals surface area (Å²) in [6.07, 6.45) is 2.79. The Labute approximate surface area is 137 Å². The molecule has 3 nitrogen and oxygen atoms in total. The Morgan fingerprint density at radius 1 is 1.40 bits per heavy atom. The highest BCUT2D eigenvalue weighted by Gasteiger charge is 2.60. The zero-order chi connectivity index (χ0) is 14.8. The van der Waals surface area contributed by atoms with E-state index in [1.54, 1.807) is 0 Å². The summed E-state index contributed by atoms with van der Waals surface area (Å²) in [5.74, 6) is 0.818. The fourth-order valence-corrected chi connectivity index (χ4v) is 6.34. The Balaban J connectivity index is 2.23. The first kappa shape index (κ1) is 16.5. The minimum atomic E-state index is -1.67. The maximum atomic E-state index is 6.71. The van der Waals surface area contributed by atoms with Crippen molar-refractivity contribution in [3.63, 3.8) is 0 Å². The summed E-state index contributed by atoms with van der Waals surface area (Å²) in [4.78, 5) is 0. The van der Waals surface area contributed by atoms with Gasteiger partial charge in [-0.15, -0.1) is 0 Å². The van der Waals surface area contributed by atoms with Gasteiger partial charge in [-0.25, -0.2) is 0 Å². The molecule has 1 spiro atoms. The smallest absolute Gasteiger partial charge is 0.192 e. The molecule has 3 atom stereocenters. The number of ether oxygens (including phenoxy) is 2. The Kier molecular flexibility index (Phi) is 5.37. The molecule has 2 rings (SSSR count). The van der Waals surface area contributed by atoms with E-state index in [4.69, 9.17) is 13.9 Å². The van der Waals surface area contributed by atoms with Crippen LogP contribution in [0.3, 0.4) is 0 Å². The predicted molar refractivity (Wildman–Crippen MR) is 92.5 cm³/mol. The van der Waals surface area contributed by atoms with Crippen molar-refractivity contribution in [1.82, 2.24) is 0 Å². The minimum absolute atomic E-state index is 0.0190. The second-order valence-corrected chi connectivity index (χ2v) is 11.2. The van der Waals surface area contributed by atoms with Gasteiger partial charge in [0, 0.05) is 6.42 Å². The van der Waals surface area contributed by atoms with Crippen molar-refractivity contribution in [1.29, 1.82) is 0 Å². The van der Waals surface area contributed by atoms with Crippen LogP contribution in [0.15, 0.2) is 22.5 Å². The molecule has 0 radical (unpaired) electrons. The highest BCUT2D eigenvalue weighted by atomic mass is 127. The van der Waals surface area contributed by atoms with Crippen molar-refractivity contribution < 1.29 is 13.9 Å². The van der Waals surface area contributed by atoms with E-state index in [-0.39, 0.29) is 17.8 Å². The fraction of sp³-hybridized carbons (Fsp3) is 0.733. The van der Waals surface area contributed by atoms with Crippen molar-refractivity contribution >= 4 is 30.9 Å². The number of halogens is 1. The van der Waals surface area contributed by atoms with Crippen LogP contribution in [0.1, 0.15) is 27.2 Å². The molecule has 0 aliphatic carbocycles. The highest BCUT2D eigenvalue weighted by Crippen LogP contribution is 2.47. The second kappa shape index (κ2) is 6.50. The summed E-state index contributed by atoms with van der Waals surface area (Å²) in [6.45, 7) is 11.5. The zero-order valence-electron chi connectivity index (χ0n) is 12.7. The average molecular weight is 408 g/mol. The molecule has 2 heterocycles. The predicted octanol–water partition coefficient (Wildman–Crippen LogP) is 4.40. The van der Waals surface area contributed by atoms with Crippen molar-refractivity contribution in [3.8, 4) is 0 Å². The Morgan fingerprint density at radius 3 is 2.45 bits per heavy atom. The van der Waals surface area contributed by atoms with Crippen molar-refractivity contribution in [2.45, 2.75) is 63.1 Å². The molecule has 0 unspecified atom stereocenters. The molecule has 0 aromatic rings. The number of rotatable bonds is 6. The lowest BCUT2D eigenvalue weighted by molar-refractivity contribution is -0.0520. The molecule has 2 aliphatic rings. The summed E-state index contributed by atoms with van der Waals surface area (Å²) in [5, 5.41) is 0. The summed E-state index contributed by atoms with van der Waals surface area (Å²) in [7, 11) is -1.67.